The number of aliphatic hydroxyl groups is 4. The van der Waals surface area contributed by atoms with Crippen molar-refractivity contribution in [2.24, 2.45) is 17.6 Å². The van der Waals surface area contributed by atoms with Gasteiger partial charge in [0, 0.05) is 23.8 Å². The molecule has 0 saturated heterocycles. The highest BCUT2D eigenvalue weighted by Crippen LogP contribution is 2.55. The van der Waals surface area contributed by atoms with E-state index in [9.17, 15) is 44.7 Å². The Balaban J connectivity index is 1.56. The van der Waals surface area contributed by atoms with Gasteiger partial charge in [0.25, 0.3) is 5.91 Å². The summed E-state index contributed by atoms with van der Waals surface area (Å²) in [5.74, 6) is -9.51. The number of aryl methyl sites for hydroxylation is 1. The summed E-state index contributed by atoms with van der Waals surface area (Å²) in [6, 6.07) is 9.39. The number of rotatable bonds is 3. The third-order valence-corrected chi connectivity index (χ3v) is 7.97. The van der Waals surface area contributed by atoms with Gasteiger partial charge in [-0.05, 0) is 36.6 Å². The van der Waals surface area contributed by atoms with E-state index in [-0.39, 0.29) is 22.6 Å². The number of primary amides is 1. The normalized spacial score (nSPS) is 27.5. The Morgan fingerprint density at radius 3 is 2.35 bits per heavy atom. The van der Waals surface area contributed by atoms with E-state index in [1.807, 2.05) is 6.92 Å². The lowest BCUT2D eigenvalue weighted by molar-refractivity contribution is -0.154. The molecule has 0 unspecified atom stereocenters. The van der Waals surface area contributed by atoms with Crippen LogP contribution in [0.15, 0.2) is 59.1 Å². The monoisotopic (exact) mass is 550 g/mol. The highest BCUT2D eigenvalue weighted by molar-refractivity contribution is 6.24. The average Bonchev–Trinajstić information content (AvgIpc) is 2.89. The van der Waals surface area contributed by atoms with E-state index in [0.717, 1.165) is 5.56 Å². The predicted octanol–water partition coefficient (Wildman–Crippen LogP) is 2.03. The molecule has 8 N–H and O–H groups in total. The summed E-state index contributed by atoms with van der Waals surface area (Å²) in [5, 5.41) is 57.5. The first kappa shape index (κ1) is 26.9. The lowest BCUT2D eigenvalue weighted by Crippen LogP contribution is -2.62. The molecule has 3 aliphatic carbocycles. The van der Waals surface area contributed by atoms with Gasteiger partial charge in [-0.2, -0.15) is 0 Å². The number of fused-ring (bicyclic) bond motifs is 3. The number of anilines is 1. The number of ether oxygens (including phenoxy) is 1. The van der Waals surface area contributed by atoms with E-state index in [2.05, 4.69) is 5.32 Å². The first-order valence-corrected chi connectivity index (χ1v) is 12.4. The molecule has 0 heterocycles. The predicted molar refractivity (Wildman–Crippen MR) is 138 cm³/mol. The number of allylic oxidation sites excluding steroid dienone is 1. The molecule has 2 aromatic carbocycles. The molecule has 5 atom stereocenters. The second-order valence-corrected chi connectivity index (χ2v) is 10.2. The highest BCUT2D eigenvalue weighted by atomic mass is 16.6. The van der Waals surface area contributed by atoms with Crippen molar-refractivity contribution in [2.75, 3.05) is 5.32 Å². The van der Waals surface area contributed by atoms with Gasteiger partial charge in [0.1, 0.15) is 22.8 Å². The lowest BCUT2D eigenvalue weighted by Gasteiger charge is -2.50. The smallest absolute Gasteiger partial charge is 0.417 e. The van der Waals surface area contributed by atoms with Crippen molar-refractivity contribution in [3.8, 4) is 11.5 Å². The van der Waals surface area contributed by atoms with E-state index in [0.29, 0.717) is 0 Å². The van der Waals surface area contributed by atoms with Crippen LogP contribution >= 0.6 is 0 Å². The molecule has 208 valence electrons. The molecule has 0 radical (unpaired) electrons. The summed E-state index contributed by atoms with van der Waals surface area (Å²) in [6.07, 6.45) is -3.16. The number of benzene rings is 2. The summed E-state index contributed by atoms with van der Waals surface area (Å²) < 4.78 is 5.20. The molecule has 0 spiro atoms. The fraction of sp³-hybridized carbons (Fsp3) is 0.286. The minimum Gasteiger partial charge on any atom is -0.511 e. The van der Waals surface area contributed by atoms with E-state index < -0.39 is 87.9 Å². The number of aliphatic hydroxyl groups excluding tert-OH is 3. The number of nitrogens with two attached hydrogens (primary N) is 1. The topological polar surface area (TPSA) is 217 Å². The zero-order chi connectivity index (χ0) is 29.3. The average molecular weight is 551 g/mol. The van der Waals surface area contributed by atoms with E-state index in [1.54, 1.807) is 31.2 Å². The Bertz CT molecular complexity index is 1560. The van der Waals surface area contributed by atoms with Crippen LogP contribution in [0.1, 0.15) is 40.7 Å². The Morgan fingerprint density at radius 2 is 1.73 bits per heavy atom. The third-order valence-electron chi connectivity index (χ3n) is 7.97. The summed E-state index contributed by atoms with van der Waals surface area (Å²) in [7, 11) is 0. The van der Waals surface area contributed by atoms with E-state index in [4.69, 9.17) is 10.5 Å². The molecule has 0 aliphatic heterocycles. The largest absolute Gasteiger partial charge is 0.511 e. The van der Waals surface area contributed by atoms with Gasteiger partial charge in [-0.25, -0.2) is 4.79 Å². The van der Waals surface area contributed by atoms with Crippen molar-refractivity contribution < 1.29 is 49.4 Å². The second-order valence-electron chi connectivity index (χ2n) is 10.2. The number of amides is 2. The zero-order valence-corrected chi connectivity index (χ0v) is 21.3. The lowest BCUT2D eigenvalue weighted by atomic mass is 9.56. The number of nitrogens with one attached hydrogen (secondary N) is 1. The van der Waals surface area contributed by atoms with Gasteiger partial charge in [-0.3, -0.25) is 19.7 Å². The molecule has 12 heteroatoms. The molecule has 12 nitrogen and oxygen atoms in total. The maximum Gasteiger partial charge on any atom is 0.417 e. The third kappa shape index (κ3) is 3.75. The van der Waals surface area contributed by atoms with Crippen LogP contribution < -0.4 is 15.8 Å². The van der Waals surface area contributed by atoms with Crippen LogP contribution in [-0.4, -0.2) is 60.8 Å². The first-order chi connectivity index (χ1) is 18.8. The Kier molecular flexibility index (Phi) is 6.20. The van der Waals surface area contributed by atoms with Gasteiger partial charge in [0.05, 0.1) is 17.4 Å². The van der Waals surface area contributed by atoms with Gasteiger partial charge in [0.2, 0.25) is 5.78 Å². The van der Waals surface area contributed by atoms with Crippen LogP contribution in [0.25, 0.3) is 0 Å². The summed E-state index contributed by atoms with van der Waals surface area (Å²) in [4.78, 5) is 51.1. The fourth-order valence-corrected chi connectivity index (χ4v) is 5.94. The van der Waals surface area contributed by atoms with Crippen LogP contribution in [0.3, 0.4) is 0 Å². The highest BCUT2D eigenvalue weighted by Gasteiger charge is 2.64. The zero-order valence-electron chi connectivity index (χ0n) is 21.3. The number of carbonyl (C=O) groups excluding carboxylic acids is 4. The molecule has 40 heavy (non-hydrogen) atoms. The molecule has 0 bridgehead atoms. The van der Waals surface area contributed by atoms with E-state index in [1.165, 1.54) is 12.1 Å². The van der Waals surface area contributed by atoms with Crippen molar-refractivity contribution in [2.45, 2.75) is 37.9 Å². The number of aromatic hydroxyl groups is 1. The van der Waals surface area contributed by atoms with E-state index >= 15 is 0 Å². The van der Waals surface area contributed by atoms with Crippen molar-refractivity contribution >= 4 is 29.3 Å². The summed E-state index contributed by atoms with van der Waals surface area (Å²) in [5.41, 5.74) is 1.46. The number of carbonyl (C=O) groups is 4. The first-order valence-electron chi connectivity index (χ1n) is 12.4. The van der Waals surface area contributed by atoms with Gasteiger partial charge in [-0.1, -0.05) is 30.7 Å². The maximum absolute atomic E-state index is 13.7. The Hall–Kier alpha value is -4.68. The van der Waals surface area contributed by atoms with Crippen molar-refractivity contribution in [1.82, 2.24) is 0 Å². The molecule has 2 aromatic rings. The van der Waals surface area contributed by atoms with Crippen LogP contribution in [0.4, 0.5) is 10.5 Å². The molecular weight excluding hydrogens is 524 g/mol. The van der Waals surface area contributed by atoms with Crippen LogP contribution in [0, 0.1) is 18.8 Å². The maximum atomic E-state index is 13.7. The van der Waals surface area contributed by atoms with Gasteiger partial charge >= 0.3 is 6.09 Å². The summed E-state index contributed by atoms with van der Waals surface area (Å²) >= 11 is 0. The molecular formula is C28H26N2O10. The number of phenols is 1. The second kappa shape index (κ2) is 9.21. The van der Waals surface area contributed by atoms with Crippen LogP contribution in [-0.2, 0) is 9.59 Å². The van der Waals surface area contributed by atoms with Crippen molar-refractivity contribution in [3.63, 3.8) is 0 Å². The number of ketones is 2. The van der Waals surface area contributed by atoms with Gasteiger partial charge in [-0.15, -0.1) is 0 Å². The van der Waals surface area contributed by atoms with Crippen LogP contribution in [0.5, 0.6) is 11.5 Å². The quantitative estimate of drug-likeness (QED) is 0.218. The van der Waals surface area contributed by atoms with Gasteiger partial charge < -0.3 is 36.0 Å². The molecule has 2 amide bonds. The summed E-state index contributed by atoms with van der Waals surface area (Å²) in [6.45, 7) is 3.46. The number of hydrogen-bond acceptors (Lipinski definition) is 10. The molecule has 0 saturated carbocycles. The molecule has 0 aromatic heterocycles. The molecule has 3 aliphatic rings. The molecule has 5 rings (SSSR count). The Labute approximate surface area is 227 Å². The van der Waals surface area contributed by atoms with Gasteiger partial charge in [0.15, 0.2) is 17.1 Å². The SMILES string of the molecule is Cc1ccc(OC(=O)Nc2ccc3c(c2O)C(=O)C2=C(O)[C@]4(O)C(=O)C(C(N)=O)=C(O)C[C@@H]4[C@@H](O)[C@@H]2[C@H]3C)cc1. The fourth-order valence-electron chi connectivity index (χ4n) is 5.94. The van der Waals surface area contributed by atoms with Crippen molar-refractivity contribution in [3.05, 3.63) is 75.8 Å². The number of hydrogen-bond donors (Lipinski definition) is 7. The minimum atomic E-state index is -2.93. The Morgan fingerprint density at radius 1 is 1.07 bits per heavy atom. The minimum absolute atomic E-state index is 0.194. The van der Waals surface area contributed by atoms with Crippen molar-refractivity contribution in [1.29, 1.82) is 0 Å². The molecule has 0 fully saturated rings. The van der Waals surface area contributed by atoms with Crippen LogP contribution in [0.2, 0.25) is 0 Å². The standard InChI is InChI=1S/C28H26N2O10/c1-10-3-5-12(6-4-10)40-27(38)30-15-8-7-13-11(2)17-20(23(34)18(13)22(15)33)25(36)28(39)14(21(17)32)9-16(31)19(24(28)35)26(29)37/h3-8,11,14,17,21,31-33,36,39H,9H2,1-2H3,(H2,29,37)(H,30,38)/t11-,14+,17+,21+,28+/m0/s1. The number of phenolic OH excluding ortho intramolecular Hbond substituents is 1. The number of Topliss-reactive ketones (excluding diaryl/α,β-unsaturated/α-hetero) is 2.